The van der Waals surface area contributed by atoms with Gasteiger partial charge < -0.3 is 9.40 Å². The van der Waals surface area contributed by atoms with Gasteiger partial charge in [0, 0.05) is 54.1 Å². The van der Waals surface area contributed by atoms with Gasteiger partial charge in [-0.3, -0.25) is 0 Å². The largest absolute Gasteiger partial charge is 0.455 e. The topological polar surface area (TPSA) is 28.9 Å². The van der Waals surface area contributed by atoms with Crippen molar-refractivity contribution < 1.29 is 4.42 Å². The van der Waals surface area contributed by atoms with Gasteiger partial charge in [-0.1, -0.05) is 110 Å². The minimum absolute atomic E-state index is 0.0695. The van der Waals surface area contributed by atoms with Crippen LogP contribution in [0, 0.1) is 0 Å². The summed E-state index contributed by atoms with van der Waals surface area (Å²) in [4.78, 5) is 5.16. The van der Waals surface area contributed by atoms with E-state index in [1.807, 2.05) is 11.3 Å². The van der Waals surface area contributed by atoms with Gasteiger partial charge in [-0.05, 0) is 70.0 Å². The van der Waals surface area contributed by atoms with Crippen molar-refractivity contribution in [2.75, 3.05) is 0 Å². The third-order valence-electron chi connectivity index (χ3n) is 11.9. The Kier molecular flexibility index (Phi) is 4.70. The van der Waals surface area contributed by atoms with Gasteiger partial charge in [-0.15, -0.1) is 11.3 Å². The van der Waals surface area contributed by atoms with Crippen molar-refractivity contribution in [1.29, 1.82) is 0 Å². The second-order valence-electron chi connectivity index (χ2n) is 14.5. The molecular weight excluding hydrogens is 601 g/mol. The fraction of sp³-hybridized carbons (Fsp3) is 0.136. The van der Waals surface area contributed by atoms with Gasteiger partial charge in [0.2, 0.25) is 0 Å². The zero-order chi connectivity index (χ0) is 31.5. The van der Waals surface area contributed by atoms with Gasteiger partial charge in [0.25, 0.3) is 0 Å². The standard InChI is InChI=1S/C44H29BNOS/c1-44(2)30-17-6-3-12-23(30)34-25-14-10-18-31-36(25)37(39(34)44)29-21-28-22-11-4-7-19-32(22)47-42(28)38(40(29)45-31)27-16-9-15-26-35-24-13-5-8-20-33(24)48-43(35)46-41(26)27/h3-9,11-17,19-21,37,46H,10,18H2,1-2H3. The number of furan rings is 1. The molecule has 225 valence electrons. The molecule has 1 aliphatic heterocycles. The number of aromatic amines is 1. The molecule has 12 rings (SSSR count). The van der Waals surface area contributed by atoms with Crippen LogP contribution >= 0.6 is 11.3 Å². The van der Waals surface area contributed by atoms with E-state index >= 15 is 0 Å². The predicted molar refractivity (Wildman–Crippen MR) is 203 cm³/mol. The van der Waals surface area contributed by atoms with E-state index < -0.39 is 0 Å². The van der Waals surface area contributed by atoms with Crippen LogP contribution < -0.4 is 5.46 Å². The molecule has 0 bridgehead atoms. The highest BCUT2D eigenvalue weighted by atomic mass is 32.1. The Labute approximate surface area is 282 Å². The van der Waals surface area contributed by atoms with Gasteiger partial charge in [0.15, 0.2) is 7.28 Å². The van der Waals surface area contributed by atoms with Crippen molar-refractivity contribution in [2.45, 2.75) is 38.0 Å². The molecule has 0 saturated carbocycles. The molecule has 1 atom stereocenters. The molecule has 0 fully saturated rings. The maximum Gasteiger partial charge on any atom is 0.187 e. The maximum absolute atomic E-state index is 6.90. The summed E-state index contributed by atoms with van der Waals surface area (Å²) in [6, 6.07) is 35.9. The van der Waals surface area contributed by atoms with E-state index in [-0.39, 0.29) is 11.3 Å². The minimum Gasteiger partial charge on any atom is -0.455 e. The zero-order valence-corrected chi connectivity index (χ0v) is 27.5. The Hall–Kier alpha value is -5.06. The molecule has 3 aromatic heterocycles. The van der Waals surface area contributed by atoms with Crippen LogP contribution in [-0.2, 0) is 5.41 Å². The molecule has 1 N–H and O–H groups in total. The normalized spacial score (nSPS) is 19.0. The average Bonchev–Trinajstić information content (AvgIpc) is 3.89. The lowest BCUT2D eigenvalue weighted by molar-refractivity contribution is 0.602. The number of para-hydroxylation sites is 2. The predicted octanol–water partition coefficient (Wildman–Crippen LogP) is 11.3. The first-order valence-corrected chi connectivity index (χ1v) is 17.9. The summed E-state index contributed by atoms with van der Waals surface area (Å²) in [5.74, 6) is 0.219. The molecule has 3 aliphatic carbocycles. The Morgan fingerprint density at radius 3 is 2.56 bits per heavy atom. The summed E-state index contributed by atoms with van der Waals surface area (Å²) in [7, 11) is 2.54. The summed E-state index contributed by atoms with van der Waals surface area (Å²) < 4.78 is 8.22. The number of aromatic nitrogens is 1. The van der Waals surface area contributed by atoms with E-state index in [0.717, 1.165) is 24.0 Å². The van der Waals surface area contributed by atoms with Gasteiger partial charge in [-0.25, -0.2) is 0 Å². The van der Waals surface area contributed by atoms with E-state index in [1.165, 1.54) is 91.9 Å². The summed E-state index contributed by atoms with van der Waals surface area (Å²) in [6.07, 6.45) is 4.68. The van der Waals surface area contributed by atoms with Crippen molar-refractivity contribution in [3.8, 4) is 11.1 Å². The van der Waals surface area contributed by atoms with E-state index in [0.29, 0.717) is 0 Å². The molecule has 1 unspecified atom stereocenters. The van der Waals surface area contributed by atoms with E-state index in [9.17, 15) is 0 Å². The summed E-state index contributed by atoms with van der Waals surface area (Å²) in [5.41, 5.74) is 18.7. The summed E-state index contributed by atoms with van der Waals surface area (Å²) in [6.45, 7) is 4.90. The monoisotopic (exact) mass is 630 g/mol. The maximum atomic E-state index is 6.90. The molecule has 4 heterocycles. The molecule has 5 aromatic carbocycles. The zero-order valence-electron chi connectivity index (χ0n) is 26.7. The molecule has 0 amide bonds. The Balaban J connectivity index is 1.22. The molecule has 8 aromatic rings. The van der Waals surface area contributed by atoms with Crippen LogP contribution in [0.5, 0.6) is 0 Å². The number of rotatable bonds is 1. The number of H-pyrrole nitrogens is 1. The molecule has 4 heteroatoms. The van der Waals surface area contributed by atoms with Gasteiger partial charge >= 0.3 is 0 Å². The quantitative estimate of drug-likeness (QED) is 0.180. The highest BCUT2D eigenvalue weighted by molar-refractivity contribution is 7.25. The molecule has 4 aliphatic rings. The number of benzene rings is 5. The van der Waals surface area contributed by atoms with Gasteiger partial charge in [-0.2, -0.15) is 0 Å². The van der Waals surface area contributed by atoms with Crippen LogP contribution in [0.2, 0.25) is 0 Å². The molecule has 1 radical (unpaired) electrons. The molecule has 0 spiro atoms. The number of fused-ring (bicyclic) bond motifs is 14. The average molecular weight is 631 g/mol. The number of thiophene rings is 1. The van der Waals surface area contributed by atoms with Crippen LogP contribution in [0.4, 0.5) is 0 Å². The summed E-state index contributed by atoms with van der Waals surface area (Å²) in [5, 5.41) is 6.31. The lowest BCUT2D eigenvalue weighted by Crippen LogP contribution is -2.35. The van der Waals surface area contributed by atoms with Crippen LogP contribution in [0.15, 0.2) is 130 Å². The van der Waals surface area contributed by atoms with Gasteiger partial charge in [0.1, 0.15) is 16.0 Å². The molecule has 48 heavy (non-hydrogen) atoms. The number of hydrogen-bond acceptors (Lipinski definition) is 2. The minimum atomic E-state index is -0.0695. The Bertz CT molecular complexity index is 2900. The number of allylic oxidation sites excluding steroid dienone is 6. The van der Waals surface area contributed by atoms with Crippen LogP contribution in [0.25, 0.3) is 69.8 Å². The SMILES string of the molecule is CC1(C)C2=C(C3=CCCC4=C3C2c2cc3c(oc5ccccc53)c(-c3cccc5c3[nH]c3sc6ccccc6c35)c2[B]4)c2ccccc21. The Morgan fingerprint density at radius 1 is 0.833 bits per heavy atom. The van der Waals surface area contributed by atoms with Crippen molar-refractivity contribution >= 4 is 82.8 Å². The van der Waals surface area contributed by atoms with Crippen molar-refractivity contribution in [1.82, 2.24) is 4.98 Å². The second kappa shape index (κ2) is 8.69. The van der Waals surface area contributed by atoms with E-state index in [4.69, 9.17) is 4.42 Å². The molecular formula is C44H29BNOS. The Morgan fingerprint density at radius 2 is 1.62 bits per heavy atom. The first kappa shape index (κ1) is 26.0. The molecule has 2 nitrogen and oxygen atoms in total. The fourth-order valence-corrected chi connectivity index (χ4v) is 11.1. The number of nitrogens with one attached hydrogen (secondary N) is 1. The number of hydrogen-bond donors (Lipinski definition) is 1. The van der Waals surface area contributed by atoms with E-state index in [2.05, 4.69) is 129 Å². The molecule has 0 saturated heterocycles. The lowest BCUT2D eigenvalue weighted by atomic mass is 9.49. The van der Waals surface area contributed by atoms with Crippen LogP contribution in [-0.4, -0.2) is 12.3 Å². The smallest absolute Gasteiger partial charge is 0.187 e. The highest BCUT2D eigenvalue weighted by Crippen LogP contribution is 2.65. The van der Waals surface area contributed by atoms with Crippen molar-refractivity contribution in [3.63, 3.8) is 0 Å². The van der Waals surface area contributed by atoms with Crippen LogP contribution in [0.1, 0.15) is 49.3 Å². The van der Waals surface area contributed by atoms with Gasteiger partial charge in [0.05, 0.1) is 5.52 Å². The van der Waals surface area contributed by atoms with E-state index in [1.54, 1.807) is 11.1 Å². The fourth-order valence-electron chi connectivity index (χ4n) is 9.96. The highest BCUT2D eigenvalue weighted by Gasteiger charge is 2.51. The summed E-state index contributed by atoms with van der Waals surface area (Å²) >= 11 is 1.85. The lowest BCUT2D eigenvalue weighted by Gasteiger charge is -2.37. The first-order valence-electron chi connectivity index (χ1n) is 17.1. The third-order valence-corrected chi connectivity index (χ3v) is 13.0. The third kappa shape index (κ3) is 2.98. The first-order chi connectivity index (χ1) is 23.6. The second-order valence-corrected chi connectivity index (χ2v) is 15.6. The van der Waals surface area contributed by atoms with Crippen molar-refractivity contribution in [2.24, 2.45) is 0 Å². The van der Waals surface area contributed by atoms with Crippen molar-refractivity contribution in [3.05, 3.63) is 142 Å². The van der Waals surface area contributed by atoms with Crippen LogP contribution in [0.3, 0.4) is 0 Å².